The predicted molar refractivity (Wildman–Crippen MR) is 71.8 cm³/mol. The second-order valence-electron chi connectivity index (χ2n) is 4.32. The highest BCUT2D eigenvalue weighted by molar-refractivity contribution is 7.18. The largest absolute Gasteiger partial charge is 0.457 e. The average Bonchev–Trinajstić information content (AvgIpc) is 2.63. The van der Waals surface area contributed by atoms with Gasteiger partial charge in [-0.2, -0.15) is 0 Å². The van der Waals surface area contributed by atoms with E-state index < -0.39 is 15.7 Å². The molecular weight excluding hydrogens is 319 g/mol. The molecular formula is C11H9Cl3O3S. The molecule has 0 aromatic carbocycles. The smallest absolute Gasteiger partial charge is 0.315 e. The van der Waals surface area contributed by atoms with Crippen molar-refractivity contribution >= 4 is 57.9 Å². The Morgan fingerprint density at radius 1 is 1.44 bits per heavy atom. The lowest BCUT2D eigenvalue weighted by molar-refractivity contribution is -0.148. The third kappa shape index (κ3) is 2.52. The Bertz CT molecular complexity index is 511. The lowest BCUT2D eigenvalue weighted by Gasteiger charge is -2.10. The van der Waals surface area contributed by atoms with Crippen LogP contribution in [-0.4, -0.2) is 22.7 Å². The number of ketones is 1. The van der Waals surface area contributed by atoms with Crippen LogP contribution in [0.15, 0.2) is 12.1 Å². The number of hydrogen-bond donors (Lipinski definition) is 0. The van der Waals surface area contributed by atoms with Crippen LogP contribution in [0.5, 0.6) is 0 Å². The molecule has 1 atom stereocenters. The van der Waals surface area contributed by atoms with Crippen molar-refractivity contribution in [3.63, 3.8) is 0 Å². The van der Waals surface area contributed by atoms with Gasteiger partial charge >= 0.3 is 5.97 Å². The average molecular weight is 328 g/mol. The van der Waals surface area contributed by atoms with E-state index in [0.29, 0.717) is 15.6 Å². The second kappa shape index (κ2) is 4.67. The summed E-state index contributed by atoms with van der Waals surface area (Å²) in [4.78, 5) is 23.9. The van der Waals surface area contributed by atoms with E-state index in [1.165, 1.54) is 0 Å². The number of carbonyl (C=O) groups excluding carboxylic acids is 2. The molecule has 1 saturated carbocycles. The van der Waals surface area contributed by atoms with Gasteiger partial charge in [-0.15, -0.1) is 34.5 Å². The zero-order valence-corrected chi connectivity index (χ0v) is 12.4. The Kier molecular flexibility index (Phi) is 3.67. The van der Waals surface area contributed by atoms with E-state index in [-0.39, 0.29) is 12.4 Å². The topological polar surface area (TPSA) is 43.4 Å². The van der Waals surface area contributed by atoms with E-state index in [9.17, 15) is 9.59 Å². The molecule has 1 aromatic rings. The summed E-state index contributed by atoms with van der Waals surface area (Å²) in [5.41, 5.74) is -0.913. The number of carbonyl (C=O) groups is 2. The van der Waals surface area contributed by atoms with Crippen molar-refractivity contribution in [1.82, 2.24) is 0 Å². The Morgan fingerprint density at radius 3 is 2.50 bits per heavy atom. The second-order valence-corrected chi connectivity index (χ2v) is 7.52. The number of hydrogen-bond acceptors (Lipinski definition) is 4. The van der Waals surface area contributed by atoms with Crippen molar-refractivity contribution in [2.75, 3.05) is 6.61 Å². The lowest BCUT2D eigenvalue weighted by Crippen LogP contribution is -2.24. The van der Waals surface area contributed by atoms with Crippen LogP contribution in [0.3, 0.4) is 0 Å². The molecule has 1 aliphatic rings. The van der Waals surface area contributed by atoms with Crippen LogP contribution in [0.25, 0.3) is 0 Å². The van der Waals surface area contributed by atoms with E-state index in [0.717, 1.165) is 11.3 Å². The van der Waals surface area contributed by atoms with Crippen molar-refractivity contribution in [2.24, 2.45) is 5.41 Å². The SMILES string of the molecule is CC1(C(=O)OCC(=O)c2ccc(Cl)s2)CC1(Cl)Cl. The van der Waals surface area contributed by atoms with Crippen molar-refractivity contribution in [1.29, 1.82) is 0 Å². The van der Waals surface area contributed by atoms with Crippen molar-refractivity contribution in [3.05, 3.63) is 21.3 Å². The molecule has 0 radical (unpaired) electrons. The Morgan fingerprint density at radius 2 is 2.06 bits per heavy atom. The van der Waals surface area contributed by atoms with Crippen LogP contribution in [0.1, 0.15) is 23.0 Å². The molecule has 0 saturated heterocycles. The number of halogens is 3. The summed E-state index contributed by atoms with van der Waals surface area (Å²) in [6.07, 6.45) is 0.334. The van der Waals surface area contributed by atoms with Gasteiger partial charge < -0.3 is 4.74 Å². The summed E-state index contributed by atoms with van der Waals surface area (Å²) >= 11 is 18.5. The van der Waals surface area contributed by atoms with Gasteiger partial charge in [0.1, 0.15) is 9.75 Å². The monoisotopic (exact) mass is 326 g/mol. The Labute approximate surface area is 123 Å². The highest BCUT2D eigenvalue weighted by Gasteiger charge is 2.69. The lowest BCUT2D eigenvalue weighted by atomic mass is 10.1. The molecule has 2 rings (SSSR count). The van der Waals surface area contributed by atoms with Gasteiger partial charge in [-0.1, -0.05) is 11.6 Å². The molecule has 7 heteroatoms. The first-order chi connectivity index (χ1) is 8.26. The molecule has 1 aromatic heterocycles. The summed E-state index contributed by atoms with van der Waals surface area (Å²) in [6, 6.07) is 3.21. The molecule has 1 aliphatic carbocycles. The third-order valence-electron chi connectivity index (χ3n) is 2.89. The zero-order chi connectivity index (χ0) is 13.6. The molecule has 0 N–H and O–H groups in total. The van der Waals surface area contributed by atoms with Gasteiger partial charge in [-0.05, 0) is 19.1 Å². The maximum atomic E-state index is 11.7. The van der Waals surface area contributed by atoms with Crippen molar-refractivity contribution in [3.8, 4) is 0 Å². The van der Waals surface area contributed by atoms with Crippen LogP contribution in [0.4, 0.5) is 0 Å². The van der Waals surface area contributed by atoms with E-state index in [1.54, 1.807) is 19.1 Å². The minimum absolute atomic E-state index is 0.292. The molecule has 0 bridgehead atoms. The van der Waals surface area contributed by atoms with Gasteiger partial charge in [-0.25, -0.2) is 0 Å². The first-order valence-corrected chi connectivity index (χ1v) is 7.05. The van der Waals surface area contributed by atoms with Gasteiger partial charge in [0.25, 0.3) is 0 Å². The highest BCUT2D eigenvalue weighted by Crippen LogP contribution is 2.64. The number of Topliss-reactive ketones (excluding diaryl/α,β-unsaturated/α-hetero) is 1. The number of ether oxygens (including phenoxy) is 1. The minimum Gasteiger partial charge on any atom is -0.457 e. The number of alkyl halides is 2. The molecule has 0 amide bonds. The zero-order valence-electron chi connectivity index (χ0n) is 9.34. The quantitative estimate of drug-likeness (QED) is 0.481. The number of rotatable bonds is 4. The molecule has 1 unspecified atom stereocenters. The maximum absolute atomic E-state index is 11.7. The highest BCUT2D eigenvalue weighted by atomic mass is 35.5. The standard InChI is InChI=1S/C11H9Cl3O3S/c1-10(5-11(10,13)14)9(16)17-4-6(15)7-2-3-8(12)18-7/h2-3H,4-5H2,1H3. The maximum Gasteiger partial charge on any atom is 0.315 e. The fourth-order valence-corrected chi connectivity index (χ4v) is 3.10. The molecule has 1 fully saturated rings. The van der Waals surface area contributed by atoms with Gasteiger partial charge in [-0.3, -0.25) is 9.59 Å². The van der Waals surface area contributed by atoms with E-state index in [4.69, 9.17) is 39.5 Å². The van der Waals surface area contributed by atoms with Crippen LogP contribution in [0, 0.1) is 5.41 Å². The fourth-order valence-electron chi connectivity index (χ4n) is 1.45. The summed E-state index contributed by atoms with van der Waals surface area (Å²) in [5, 5.41) is 0. The van der Waals surface area contributed by atoms with E-state index >= 15 is 0 Å². The minimum atomic E-state index is -1.08. The fraction of sp³-hybridized carbons (Fsp3) is 0.455. The first kappa shape index (κ1) is 14.1. The molecule has 3 nitrogen and oxygen atoms in total. The van der Waals surface area contributed by atoms with Crippen molar-refractivity contribution < 1.29 is 14.3 Å². The third-order valence-corrected chi connectivity index (χ3v) is 5.26. The van der Waals surface area contributed by atoms with Gasteiger partial charge in [0.15, 0.2) is 6.61 Å². The van der Waals surface area contributed by atoms with Gasteiger partial charge in [0.05, 0.1) is 9.21 Å². The Hall–Kier alpha value is -0.290. The molecule has 0 spiro atoms. The van der Waals surface area contributed by atoms with Gasteiger partial charge in [0, 0.05) is 6.42 Å². The van der Waals surface area contributed by atoms with Crippen LogP contribution in [-0.2, 0) is 9.53 Å². The van der Waals surface area contributed by atoms with E-state index in [2.05, 4.69) is 0 Å². The molecule has 0 aliphatic heterocycles. The summed E-state index contributed by atoms with van der Waals surface area (Å²) in [7, 11) is 0. The molecule has 98 valence electrons. The number of esters is 1. The first-order valence-electron chi connectivity index (χ1n) is 5.10. The predicted octanol–water partition coefficient (Wildman–Crippen LogP) is 3.71. The van der Waals surface area contributed by atoms with E-state index in [1.807, 2.05) is 0 Å². The van der Waals surface area contributed by atoms with Gasteiger partial charge in [0.2, 0.25) is 5.78 Å². The summed E-state index contributed by atoms with van der Waals surface area (Å²) < 4.78 is 4.37. The molecule has 1 heterocycles. The van der Waals surface area contributed by atoms with Crippen LogP contribution >= 0.6 is 46.1 Å². The Balaban J connectivity index is 1.90. The normalized spacial score (nSPS) is 24.7. The molecule has 18 heavy (non-hydrogen) atoms. The van der Waals surface area contributed by atoms with Crippen LogP contribution in [0.2, 0.25) is 4.34 Å². The summed E-state index contributed by atoms with van der Waals surface area (Å²) in [5.74, 6) is -0.845. The van der Waals surface area contributed by atoms with Crippen LogP contribution < -0.4 is 0 Å². The van der Waals surface area contributed by atoms with Crippen molar-refractivity contribution in [2.45, 2.75) is 17.7 Å². The number of thiophene rings is 1. The summed E-state index contributed by atoms with van der Waals surface area (Å²) in [6.45, 7) is 1.29.